The number of aliphatic carboxylic acids is 1. The summed E-state index contributed by atoms with van der Waals surface area (Å²) < 4.78 is 28.9. The second-order valence-electron chi connectivity index (χ2n) is 17.3. The van der Waals surface area contributed by atoms with Crippen LogP contribution in [0.3, 0.4) is 0 Å². The summed E-state index contributed by atoms with van der Waals surface area (Å²) in [5.74, 6) is -2.08. The van der Waals surface area contributed by atoms with Gasteiger partial charge in [0.15, 0.2) is 6.29 Å². The first-order chi connectivity index (χ1) is 29.3. The zero-order valence-corrected chi connectivity index (χ0v) is 39.0. The van der Waals surface area contributed by atoms with Crippen LogP contribution < -0.4 is 0 Å². The van der Waals surface area contributed by atoms with Crippen molar-refractivity contribution in [3.8, 4) is 0 Å². The number of unbranched alkanes of at least 4 members (excludes halogenated alkanes) is 17. The van der Waals surface area contributed by atoms with Gasteiger partial charge in [0.1, 0.15) is 6.61 Å². The van der Waals surface area contributed by atoms with E-state index in [2.05, 4.69) is 57.0 Å². The van der Waals surface area contributed by atoms with E-state index in [1.165, 1.54) is 70.6 Å². The summed E-state index contributed by atoms with van der Waals surface area (Å²) >= 11 is 0. The lowest BCUT2D eigenvalue weighted by Gasteiger charge is -2.28. The lowest BCUT2D eigenvalue weighted by Crippen LogP contribution is -2.32. The Bertz CT molecular complexity index is 1060. The first-order valence-electron chi connectivity index (χ1n) is 24.7. The number of carbonyl (C=O) groups excluding carboxylic acids is 2. The SMILES string of the molecule is CCCCC/C=C\C/C=C\CCCCCCC(CC(COC(=O)CCC(OCCCCCCCC)OCCCCCCCC)COC(=O)OCC1CCN(C)CC1)C(=O)O. The molecule has 10 nitrogen and oxygen atoms in total. The number of likely N-dealkylation sites (tertiary alicyclic amines) is 1. The molecule has 350 valence electrons. The molecule has 0 aromatic heterocycles. The van der Waals surface area contributed by atoms with Crippen molar-refractivity contribution in [2.75, 3.05) is 53.2 Å². The Labute approximate surface area is 367 Å². The highest BCUT2D eigenvalue weighted by molar-refractivity contribution is 5.70. The van der Waals surface area contributed by atoms with Gasteiger partial charge in [0, 0.05) is 25.6 Å². The molecule has 1 N–H and O–H groups in total. The lowest BCUT2D eigenvalue weighted by atomic mass is 9.90. The van der Waals surface area contributed by atoms with Gasteiger partial charge >= 0.3 is 18.1 Å². The third-order valence-electron chi connectivity index (χ3n) is 11.6. The molecule has 0 aromatic rings. The maximum absolute atomic E-state index is 13.1. The average Bonchev–Trinajstić information content (AvgIpc) is 3.24. The highest BCUT2D eigenvalue weighted by Gasteiger charge is 2.26. The monoisotopic (exact) mass is 850 g/mol. The van der Waals surface area contributed by atoms with Gasteiger partial charge in [0.25, 0.3) is 0 Å². The zero-order chi connectivity index (χ0) is 43.7. The number of allylic oxidation sites excluding steroid dienone is 4. The smallest absolute Gasteiger partial charge is 0.481 e. The molecular formula is C50H91NO9. The molecule has 0 spiro atoms. The number of piperidine rings is 1. The maximum Gasteiger partial charge on any atom is 0.508 e. The largest absolute Gasteiger partial charge is 0.508 e. The Morgan fingerprint density at radius 3 is 1.75 bits per heavy atom. The predicted molar refractivity (Wildman–Crippen MR) is 244 cm³/mol. The van der Waals surface area contributed by atoms with Gasteiger partial charge in [0.2, 0.25) is 0 Å². The van der Waals surface area contributed by atoms with Crippen LogP contribution in [0.25, 0.3) is 0 Å². The van der Waals surface area contributed by atoms with Crippen LogP contribution in [0, 0.1) is 17.8 Å². The van der Waals surface area contributed by atoms with Crippen LogP contribution in [0.5, 0.6) is 0 Å². The van der Waals surface area contributed by atoms with Gasteiger partial charge in [0.05, 0.1) is 25.6 Å². The normalized spacial score (nSPS) is 14.9. The van der Waals surface area contributed by atoms with E-state index in [-0.39, 0.29) is 26.1 Å². The molecule has 0 bridgehead atoms. The number of carboxylic acids is 1. The van der Waals surface area contributed by atoms with E-state index in [0.29, 0.717) is 38.6 Å². The second-order valence-corrected chi connectivity index (χ2v) is 17.3. The Kier molecular flexibility index (Phi) is 37.6. The lowest BCUT2D eigenvalue weighted by molar-refractivity contribution is -0.160. The van der Waals surface area contributed by atoms with Crippen molar-refractivity contribution in [3.05, 3.63) is 24.3 Å². The van der Waals surface area contributed by atoms with E-state index in [1.807, 2.05) is 0 Å². The molecule has 60 heavy (non-hydrogen) atoms. The van der Waals surface area contributed by atoms with E-state index in [0.717, 1.165) is 96.6 Å². The summed E-state index contributed by atoms with van der Waals surface area (Å²) in [6, 6.07) is 0. The molecule has 0 aromatic carbocycles. The van der Waals surface area contributed by atoms with Crippen LogP contribution in [-0.4, -0.2) is 87.6 Å². The third kappa shape index (κ3) is 34.2. The van der Waals surface area contributed by atoms with Crippen LogP contribution in [0.1, 0.15) is 201 Å². The van der Waals surface area contributed by atoms with Crippen molar-refractivity contribution in [2.24, 2.45) is 17.8 Å². The summed E-state index contributed by atoms with van der Waals surface area (Å²) in [5, 5.41) is 10.2. The first kappa shape index (κ1) is 55.6. The van der Waals surface area contributed by atoms with Gasteiger partial charge in [-0.2, -0.15) is 0 Å². The molecule has 1 heterocycles. The van der Waals surface area contributed by atoms with Crippen molar-refractivity contribution >= 4 is 18.1 Å². The van der Waals surface area contributed by atoms with Gasteiger partial charge in [-0.15, -0.1) is 0 Å². The number of nitrogens with zero attached hydrogens (tertiary/aromatic N) is 1. The summed E-state index contributed by atoms with van der Waals surface area (Å²) in [7, 11) is 2.09. The molecule has 1 aliphatic heterocycles. The van der Waals surface area contributed by atoms with Crippen LogP contribution in [0.2, 0.25) is 0 Å². The summed E-state index contributed by atoms with van der Waals surface area (Å²) in [6.45, 7) is 9.99. The molecular weight excluding hydrogens is 759 g/mol. The number of rotatable bonds is 41. The second kappa shape index (κ2) is 40.6. The molecule has 0 radical (unpaired) electrons. The van der Waals surface area contributed by atoms with Crippen molar-refractivity contribution in [3.63, 3.8) is 0 Å². The van der Waals surface area contributed by atoms with Gasteiger partial charge in [-0.1, -0.05) is 141 Å². The highest BCUT2D eigenvalue weighted by Crippen LogP contribution is 2.23. The van der Waals surface area contributed by atoms with Crippen molar-refractivity contribution in [2.45, 2.75) is 207 Å². The maximum atomic E-state index is 13.1. The number of esters is 1. The van der Waals surface area contributed by atoms with E-state index in [9.17, 15) is 19.5 Å². The Morgan fingerprint density at radius 1 is 0.633 bits per heavy atom. The predicted octanol–water partition coefficient (Wildman–Crippen LogP) is 13.0. The van der Waals surface area contributed by atoms with Gasteiger partial charge in [-0.05, 0) is 96.7 Å². The van der Waals surface area contributed by atoms with Crippen molar-refractivity contribution in [1.29, 1.82) is 0 Å². The van der Waals surface area contributed by atoms with Gasteiger partial charge in [-0.25, -0.2) is 4.79 Å². The van der Waals surface area contributed by atoms with Crippen LogP contribution in [0.15, 0.2) is 24.3 Å². The molecule has 0 saturated carbocycles. The molecule has 0 amide bonds. The van der Waals surface area contributed by atoms with E-state index >= 15 is 0 Å². The third-order valence-corrected chi connectivity index (χ3v) is 11.6. The molecule has 1 rings (SSSR count). The minimum atomic E-state index is -0.880. The van der Waals surface area contributed by atoms with Crippen LogP contribution in [0.4, 0.5) is 4.79 Å². The van der Waals surface area contributed by atoms with Gasteiger partial charge in [-0.3, -0.25) is 9.59 Å². The topological polar surface area (TPSA) is 121 Å². The Balaban J connectivity index is 2.68. The molecule has 2 atom stereocenters. The van der Waals surface area contributed by atoms with Crippen LogP contribution in [-0.2, 0) is 33.3 Å². The molecule has 1 fully saturated rings. The summed E-state index contributed by atoms with van der Waals surface area (Å²) in [5.41, 5.74) is 0. The molecule has 1 saturated heterocycles. The molecule has 2 unspecified atom stereocenters. The van der Waals surface area contributed by atoms with Crippen molar-refractivity contribution in [1.82, 2.24) is 4.90 Å². The Morgan fingerprint density at radius 2 is 1.15 bits per heavy atom. The van der Waals surface area contributed by atoms with Crippen molar-refractivity contribution < 1.29 is 43.2 Å². The number of carboxylic acid groups (broad SMARTS) is 1. The number of ether oxygens (including phenoxy) is 5. The number of hydrogen-bond acceptors (Lipinski definition) is 9. The quantitative estimate of drug-likeness (QED) is 0.0275. The van der Waals surface area contributed by atoms with Crippen LogP contribution >= 0.6 is 0 Å². The average molecular weight is 850 g/mol. The Hall–Kier alpha value is -2.43. The summed E-state index contributed by atoms with van der Waals surface area (Å²) in [4.78, 5) is 40.4. The van der Waals surface area contributed by atoms with E-state index in [1.54, 1.807) is 0 Å². The highest BCUT2D eigenvalue weighted by atomic mass is 16.7. The fourth-order valence-corrected chi connectivity index (χ4v) is 7.52. The number of hydrogen-bond donors (Lipinski definition) is 1. The fourth-order valence-electron chi connectivity index (χ4n) is 7.52. The zero-order valence-electron chi connectivity index (χ0n) is 39.0. The minimum Gasteiger partial charge on any atom is -0.481 e. The standard InChI is InChI=1S/C50H91NO9/c1-5-8-11-14-17-18-19-20-21-22-23-24-25-28-31-46(49(53)54)40-45(43-60-50(55)59-41-44-34-36-51(4)37-35-44)42-58-47(52)32-33-48(56-38-29-26-15-12-9-6-2)57-39-30-27-16-13-10-7-3/h17-18,20-21,44-46,48H,5-16,19,22-43H2,1-4H3,(H,53,54)/b18-17-,21-20-. The number of carbonyl (C=O) groups is 3. The first-order valence-corrected chi connectivity index (χ1v) is 24.7. The fraction of sp³-hybridized carbons (Fsp3) is 0.860. The summed E-state index contributed by atoms with van der Waals surface area (Å²) in [6.07, 6.45) is 35.8. The van der Waals surface area contributed by atoms with Gasteiger partial charge < -0.3 is 33.7 Å². The minimum absolute atomic E-state index is 0.0347. The van der Waals surface area contributed by atoms with E-state index in [4.69, 9.17) is 23.7 Å². The molecule has 0 aliphatic carbocycles. The molecule has 1 aliphatic rings. The molecule has 10 heteroatoms. The van der Waals surface area contributed by atoms with E-state index < -0.39 is 36.2 Å².